The second kappa shape index (κ2) is 5.67. The van der Waals surface area contributed by atoms with Crippen LogP contribution >= 0.6 is 15.9 Å². The van der Waals surface area contributed by atoms with Crippen LogP contribution in [0, 0.1) is 12.8 Å². The summed E-state index contributed by atoms with van der Waals surface area (Å²) in [5.74, 6) is 0.871. The first-order valence-electron chi connectivity index (χ1n) is 6.22. The molecule has 1 fully saturated rings. The number of hydrogen-bond acceptors (Lipinski definition) is 1. The molecule has 1 aliphatic rings. The van der Waals surface area contributed by atoms with Crippen LogP contribution in [0.15, 0.2) is 22.7 Å². The summed E-state index contributed by atoms with van der Waals surface area (Å²) in [6.45, 7) is 2.79. The summed E-state index contributed by atoms with van der Waals surface area (Å²) in [5.41, 5.74) is 1.83. The molecule has 1 aromatic rings. The van der Waals surface area contributed by atoms with Gasteiger partial charge in [0.25, 0.3) is 5.91 Å². The van der Waals surface area contributed by atoms with Crippen molar-refractivity contribution in [2.45, 2.75) is 32.6 Å². The van der Waals surface area contributed by atoms with Crippen LogP contribution in [0.4, 0.5) is 0 Å². The van der Waals surface area contributed by atoms with E-state index in [9.17, 15) is 4.79 Å². The second-order valence-corrected chi connectivity index (χ2v) is 5.57. The van der Waals surface area contributed by atoms with E-state index in [2.05, 4.69) is 21.2 Å². The van der Waals surface area contributed by atoms with Gasteiger partial charge in [0.05, 0.1) is 5.56 Å². The highest BCUT2D eigenvalue weighted by Gasteiger charge is 2.17. The van der Waals surface area contributed by atoms with E-state index in [4.69, 9.17) is 0 Å². The summed E-state index contributed by atoms with van der Waals surface area (Å²) >= 11 is 3.47. The minimum Gasteiger partial charge on any atom is -0.352 e. The summed E-state index contributed by atoms with van der Waals surface area (Å²) in [6, 6.07) is 5.77. The van der Waals surface area contributed by atoms with Crippen molar-refractivity contribution in [3.8, 4) is 0 Å². The van der Waals surface area contributed by atoms with Crippen molar-refractivity contribution < 1.29 is 4.79 Å². The molecule has 1 amide bonds. The molecule has 17 heavy (non-hydrogen) atoms. The lowest BCUT2D eigenvalue weighted by Gasteiger charge is -2.25. The smallest absolute Gasteiger partial charge is 0.252 e. The van der Waals surface area contributed by atoms with Gasteiger partial charge >= 0.3 is 0 Å². The van der Waals surface area contributed by atoms with Crippen LogP contribution in [-0.2, 0) is 0 Å². The van der Waals surface area contributed by atoms with E-state index in [1.807, 2.05) is 25.1 Å². The van der Waals surface area contributed by atoms with Gasteiger partial charge in [0.15, 0.2) is 0 Å². The van der Waals surface area contributed by atoms with Gasteiger partial charge in [-0.1, -0.05) is 31.4 Å². The van der Waals surface area contributed by atoms with Crippen LogP contribution in [0.2, 0.25) is 0 Å². The number of rotatable bonds is 4. The Kier molecular flexibility index (Phi) is 4.21. The van der Waals surface area contributed by atoms with Gasteiger partial charge < -0.3 is 5.32 Å². The Balaban J connectivity index is 1.87. The minimum atomic E-state index is 0.0277. The van der Waals surface area contributed by atoms with E-state index in [-0.39, 0.29) is 5.91 Å². The molecule has 0 saturated heterocycles. The molecular formula is C14H18BrNO. The molecule has 0 aromatic heterocycles. The van der Waals surface area contributed by atoms with E-state index in [1.54, 1.807) is 0 Å². The average Bonchev–Trinajstić information content (AvgIpc) is 2.25. The van der Waals surface area contributed by atoms with Crippen molar-refractivity contribution in [1.29, 1.82) is 0 Å². The first kappa shape index (κ1) is 12.6. The summed E-state index contributed by atoms with van der Waals surface area (Å²) < 4.78 is 0.904. The number of benzene rings is 1. The molecule has 3 heteroatoms. The van der Waals surface area contributed by atoms with E-state index in [0.717, 1.165) is 34.5 Å². The molecule has 92 valence electrons. The third-order valence-electron chi connectivity index (χ3n) is 3.50. The fraction of sp³-hybridized carbons (Fsp3) is 0.500. The zero-order chi connectivity index (χ0) is 12.3. The van der Waals surface area contributed by atoms with Crippen LogP contribution in [0.1, 0.15) is 41.6 Å². The lowest BCUT2D eigenvalue weighted by atomic mass is 9.83. The summed E-state index contributed by atoms with van der Waals surface area (Å²) in [5, 5.41) is 3.00. The van der Waals surface area contributed by atoms with Crippen molar-refractivity contribution >= 4 is 21.8 Å². The first-order valence-corrected chi connectivity index (χ1v) is 7.01. The zero-order valence-corrected chi connectivity index (χ0v) is 11.7. The fourth-order valence-corrected chi connectivity index (χ4v) is 2.53. The predicted octanol–water partition coefficient (Wildman–Crippen LogP) is 3.68. The van der Waals surface area contributed by atoms with E-state index in [0.29, 0.717) is 0 Å². The number of carbonyl (C=O) groups is 1. The number of hydrogen-bond donors (Lipinski definition) is 1. The number of halogens is 1. The quantitative estimate of drug-likeness (QED) is 0.902. The van der Waals surface area contributed by atoms with Gasteiger partial charge in [0.1, 0.15) is 0 Å². The van der Waals surface area contributed by atoms with Crippen LogP contribution in [0.3, 0.4) is 0 Å². The summed E-state index contributed by atoms with van der Waals surface area (Å²) in [7, 11) is 0. The van der Waals surface area contributed by atoms with Crippen molar-refractivity contribution in [3.63, 3.8) is 0 Å². The van der Waals surface area contributed by atoms with E-state index < -0.39 is 0 Å². The maximum absolute atomic E-state index is 12.0. The lowest BCUT2D eigenvalue weighted by Crippen LogP contribution is -2.27. The number of carbonyl (C=O) groups excluding carboxylic acids is 1. The van der Waals surface area contributed by atoms with Gasteiger partial charge in [-0.2, -0.15) is 0 Å². The second-order valence-electron chi connectivity index (χ2n) is 4.78. The zero-order valence-electron chi connectivity index (χ0n) is 10.1. The Hall–Kier alpha value is -0.830. The largest absolute Gasteiger partial charge is 0.352 e. The van der Waals surface area contributed by atoms with Crippen LogP contribution in [0.25, 0.3) is 0 Å². The maximum atomic E-state index is 12.0. The van der Waals surface area contributed by atoms with Gasteiger partial charge in [-0.25, -0.2) is 0 Å². The Morgan fingerprint density at radius 1 is 1.47 bits per heavy atom. The van der Waals surface area contributed by atoms with Gasteiger partial charge in [-0.3, -0.25) is 4.79 Å². The van der Waals surface area contributed by atoms with Gasteiger partial charge in [0.2, 0.25) is 0 Å². The van der Waals surface area contributed by atoms with Crippen LogP contribution in [-0.4, -0.2) is 12.5 Å². The Morgan fingerprint density at radius 3 is 2.88 bits per heavy atom. The van der Waals surface area contributed by atoms with Gasteiger partial charge in [0, 0.05) is 11.0 Å². The number of amides is 1. The monoisotopic (exact) mass is 295 g/mol. The average molecular weight is 296 g/mol. The number of nitrogens with one attached hydrogen (secondary N) is 1. The molecule has 2 nitrogen and oxygen atoms in total. The van der Waals surface area contributed by atoms with E-state index in [1.165, 1.54) is 19.3 Å². The first-order chi connectivity index (χ1) is 8.18. The van der Waals surface area contributed by atoms with Crippen molar-refractivity contribution in [2.24, 2.45) is 5.92 Å². The highest BCUT2D eigenvalue weighted by molar-refractivity contribution is 9.10. The van der Waals surface area contributed by atoms with Gasteiger partial charge in [-0.05, 0) is 46.8 Å². The molecule has 0 unspecified atom stereocenters. The molecule has 0 aliphatic heterocycles. The Labute approximate surface area is 111 Å². The summed E-state index contributed by atoms with van der Waals surface area (Å²) in [4.78, 5) is 12.0. The third-order valence-corrected chi connectivity index (χ3v) is 4.55. The molecule has 1 aliphatic carbocycles. The predicted molar refractivity (Wildman–Crippen MR) is 73.2 cm³/mol. The minimum absolute atomic E-state index is 0.0277. The highest BCUT2D eigenvalue weighted by Crippen LogP contribution is 2.28. The third kappa shape index (κ3) is 3.09. The normalized spacial score (nSPS) is 15.4. The lowest BCUT2D eigenvalue weighted by molar-refractivity contribution is 0.0948. The molecule has 2 rings (SSSR count). The van der Waals surface area contributed by atoms with Crippen molar-refractivity contribution in [1.82, 2.24) is 5.32 Å². The topological polar surface area (TPSA) is 29.1 Å². The molecular weight excluding hydrogens is 278 g/mol. The van der Waals surface area contributed by atoms with Crippen LogP contribution < -0.4 is 5.32 Å². The molecule has 0 bridgehead atoms. The van der Waals surface area contributed by atoms with Crippen molar-refractivity contribution in [3.05, 3.63) is 33.8 Å². The molecule has 0 atom stereocenters. The Morgan fingerprint density at radius 2 is 2.24 bits per heavy atom. The maximum Gasteiger partial charge on any atom is 0.252 e. The molecule has 0 radical (unpaired) electrons. The summed E-state index contributed by atoms with van der Waals surface area (Å²) in [6.07, 6.45) is 5.16. The molecule has 1 aromatic carbocycles. The Bertz CT molecular complexity index is 413. The number of aryl methyl sites for hydroxylation is 1. The molecule has 0 heterocycles. The molecule has 1 saturated carbocycles. The highest BCUT2D eigenvalue weighted by atomic mass is 79.9. The fourth-order valence-electron chi connectivity index (χ4n) is 2.09. The van der Waals surface area contributed by atoms with Crippen LogP contribution in [0.5, 0.6) is 0 Å². The SMILES string of the molecule is Cc1cccc(C(=O)NCCC2CCC2)c1Br. The van der Waals surface area contributed by atoms with E-state index >= 15 is 0 Å². The molecule has 1 N–H and O–H groups in total. The molecule has 0 spiro atoms. The standard InChI is InChI=1S/C14H18BrNO/c1-10-4-2-7-12(13(10)15)14(17)16-9-8-11-5-3-6-11/h2,4,7,11H,3,5-6,8-9H2,1H3,(H,16,17). The van der Waals surface area contributed by atoms with Crippen molar-refractivity contribution in [2.75, 3.05) is 6.54 Å². The van der Waals surface area contributed by atoms with Gasteiger partial charge in [-0.15, -0.1) is 0 Å².